The smallest absolute Gasteiger partial charge is 0.0477 e. The summed E-state index contributed by atoms with van der Waals surface area (Å²) >= 11 is 5.77. The lowest BCUT2D eigenvalue weighted by atomic mass is 10.0. The minimum atomic E-state index is 0.750. The molecule has 0 aromatic rings. The van der Waals surface area contributed by atoms with Gasteiger partial charge in [0.05, 0.1) is 0 Å². The minimum absolute atomic E-state index is 0.750. The van der Waals surface area contributed by atoms with Crippen molar-refractivity contribution >= 4 is 11.6 Å². The molecule has 0 amide bonds. The summed E-state index contributed by atoms with van der Waals surface area (Å²) in [6, 6.07) is 0. The summed E-state index contributed by atoms with van der Waals surface area (Å²) in [5, 5.41) is 3.48. The average Bonchev–Trinajstić information content (AvgIpc) is 2.24. The summed E-state index contributed by atoms with van der Waals surface area (Å²) in [6.45, 7) is 8.12. The molecule has 1 unspecified atom stereocenters. The Morgan fingerprint density at radius 2 is 2.07 bits per heavy atom. The van der Waals surface area contributed by atoms with Gasteiger partial charge in [0.25, 0.3) is 0 Å². The lowest BCUT2D eigenvalue weighted by Gasteiger charge is -2.15. The Morgan fingerprint density at radius 1 is 1.27 bits per heavy atom. The molecule has 3 heteroatoms. The number of nitrogens with one attached hydrogen (secondary N) is 1. The van der Waals surface area contributed by atoms with Gasteiger partial charge < -0.3 is 10.1 Å². The molecule has 0 saturated carbocycles. The zero-order valence-electron chi connectivity index (χ0n) is 10.2. The van der Waals surface area contributed by atoms with E-state index < -0.39 is 0 Å². The molecule has 0 aromatic heterocycles. The van der Waals surface area contributed by atoms with Crippen LogP contribution >= 0.6 is 11.6 Å². The van der Waals surface area contributed by atoms with E-state index >= 15 is 0 Å². The molecule has 0 fully saturated rings. The average molecular weight is 236 g/mol. The molecule has 0 spiro atoms. The molecule has 2 nitrogen and oxygen atoms in total. The topological polar surface area (TPSA) is 21.3 Å². The van der Waals surface area contributed by atoms with Crippen molar-refractivity contribution in [3.8, 4) is 0 Å². The van der Waals surface area contributed by atoms with Crippen molar-refractivity contribution in [3.63, 3.8) is 0 Å². The van der Waals surface area contributed by atoms with Crippen molar-refractivity contribution in [2.45, 2.75) is 39.5 Å². The van der Waals surface area contributed by atoms with Crippen molar-refractivity contribution in [1.29, 1.82) is 0 Å². The first-order valence-corrected chi connectivity index (χ1v) is 6.73. The van der Waals surface area contributed by atoms with Crippen LogP contribution in [0, 0.1) is 5.92 Å². The van der Waals surface area contributed by atoms with Crippen molar-refractivity contribution in [2.24, 2.45) is 5.92 Å². The second-order valence-corrected chi connectivity index (χ2v) is 4.26. The summed E-state index contributed by atoms with van der Waals surface area (Å²) in [5.41, 5.74) is 0. The highest BCUT2D eigenvalue weighted by molar-refractivity contribution is 6.17. The van der Waals surface area contributed by atoms with Crippen molar-refractivity contribution in [3.05, 3.63) is 0 Å². The molecule has 0 aliphatic carbocycles. The van der Waals surface area contributed by atoms with Gasteiger partial charge in [0, 0.05) is 19.1 Å². The van der Waals surface area contributed by atoms with Gasteiger partial charge in [0.1, 0.15) is 0 Å². The maximum absolute atomic E-state index is 5.77. The maximum Gasteiger partial charge on any atom is 0.0477 e. The van der Waals surface area contributed by atoms with Crippen LogP contribution in [0.3, 0.4) is 0 Å². The van der Waals surface area contributed by atoms with Crippen LogP contribution in [0.1, 0.15) is 39.5 Å². The van der Waals surface area contributed by atoms with E-state index in [9.17, 15) is 0 Å². The number of halogens is 1. The van der Waals surface area contributed by atoms with E-state index in [1.54, 1.807) is 0 Å². The van der Waals surface area contributed by atoms with Gasteiger partial charge in [-0.15, -0.1) is 11.6 Å². The van der Waals surface area contributed by atoms with Gasteiger partial charge in [-0.05, 0) is 45.2 Å². The van der Waals surface area contributed by atoms with Gasteiger partial charge in [-0.3, -0.25) is 0 Å². The highest BCUT2D eigenvalue weighted by Gasteiger charge is 2.05. The molecule has 1 N–H and O–H groups in total. The molecular formula is C12H26ClNO. The third-order valence-electron chi connectivity index (χ3n) is 2.49. The predicted molar refractivity (Wildman–Crippen MR) is 67.7 cm³/mol. The van der Waals surface area contributed by atoms with Crippen molar-refractivity contribution in [1.82, 2.24) is 5.32 Å². The van der Waals surface area contributed by atoms with E-state index in [2.05, 4.69) is 12.2 Å². The molecular weight excluding hydrogens is 210 g/mol. The van der Waals surface area contributed by atoms with Gasteiger partial charge in [-0.1, -0.05) is 13.3 Å². The summed E-state index contributed by atoms with van der Waals surface area (Å²) in [6.07, 6.45) is 4.77. The van der Waals surface area contributed by atoms with E-state index in [0.717, 1.165) is 50.9 Å². The highest BCUT2D eigenvalue weighted by atomic mass is 35.5. The predicted octanol–water partition coefficient (Wildman–Crippen LogP) is 3.05. The Hall–Kier alpha value is 0.210. The summed E-state index contributed by atoms with van der Waals surface area (Å²) < 4.78 is 5.27. The second kappa shape index (κ2) is 12.3. The number of rotatable bonds is 11. The van der Waals surface area contributed by atoms with E-state index in [0.29, 0.717) is 0 Å². The monoisotopic (exact) mass is 235 g/mol. The van der Waals surface area contributed by atoms with E-state index in [1.165, 1.54) is 12.8 Å². The van der Waals surface area contributed by atoms with Crippen LogP contribution in [0.15, 0.2) is 0 Å². The van der Waals surface area contributed by atoms with Crippen LogP contribution in [-0.4, -0.2) is 32.2 Å². The standard InChI is InChI=1S/C12H26ClNO/c1-3-6-12(7-8-13)11-14-9-5-10-15-4-2/h12,14H,3-11H2,1-2H3. The molecule has 1 atom stereocenters. The summed E-state index contributed by atoms with van der Waals surface area (Å²) in [5.74, 6) is 1.53. The fraction of sp³-hybridized carbons (Fsp3) is 1.00. The Balaban J connectivity index is 3.28. The maximum atomic E-state index is 5.77. The molecule has 0 aliphatic rings. The van der Waals surface area contributed by atoms with Gasteiger partial charge >= 0.3 is 0 Å². The first-order valence-electron chi connectivity index (χ1n) is 6.19. The van der Waals surface area contributed by atoms with Crippen LogP contribution in [0.25, 0.3) is 0 Å². The summed E-state index contributed by atoms with van der Waals surface area (Å²) in [7, 11) is 0. The Labute approximate surface area is 99.7 Å². The Bertz CT molecular complexity index is 116. The molecule has 92 valence electrons. The third-order valence-corrected chi connectivity index (χ3v) is 2.71. The van der Waals surface area contributed by atoms with Gasteiger partial charge in [-0.2, -0.15) is 0 Å². The highest BCUT2D eigenvalue weighted by Crippen LogP contribution is 2.10. The Morgan fingerprint density at radius 3 is 2.67 bits per heavy atom. The zero-order chi connectivity index (χ0) is 11.4. The fourth-order valence-electron chi connectivity index (χ4n) is 1.66. The van der Waals surface area contributed by atoms with Crippen LogP contribution in [0.4, 0.5) is 0 Å². The molecule has 0 rings (SSSR count). The molecule has 0 saturated heterocycles. The van der Waals surface area contributed by atoms with Crippen LogP contribution in [0.5, 0.6) is 0 Å². The molecule has 0 radical (unpaired) electrons. The van der Waals surface area contributed by atoms with Crippen molar-refractivity contribution in [2.75, 3.05) is 32.2 Å². The fourth-order valence-corrected chi connectivity index (χ4v) is 1.97. The van der Waals surface area contributed by atoms with Crippen molar-refractivity contribution < 1.29 is 4.74 Å². The number of hydrogen-bond acceptors (Lipinski definition) is 2. The normalized spacial score (nSPS) is 13.0. The molecule has 0 bridgehead atoms. The number of hydrogen-bond donors (Lipinski definition) is 1. The summed E-state index contributed by atoms with van der Waals surface area (Å²) in [4.78, 5) is 0. The van der Waals surface area contributed by atoms with Crippen LogP contribution in [-0.2, 0) is 4.74 Å². The van der Waals surface area contributed by atoms with Crippen LogP contribution < -0.4 is 5.32 Å². The molecule has 0 aliphatic heterocycles. The molecule has 0 aromatic carbocycles. The van der Waals surface area contributed by atoms with Gasteiger partial charge in [0.2, 0.25) is 0 Å². The van der Waals surface area contributed by atoms with E-state index in [-0.39, 0.29) is 0 Å². The first kappa shape index (κ1) is 15.2. The first-order chi connectivity index (χ1) is 7.35. The third kappa shape index (κ3) is 10.5. The zero-order valence-corrected chi connectivity index (χ0v) is 11.0. The van der Waals surface area contributed by atoms with Crippen LogP contribution in [0.2, 0.25) is 0 Å². The van der Waals surface area contributed by atoms with Gasteiger partial charge in [-0.25, -0.2) is 0 Å². The second-order valence-electron chi connectivity index (χ2n) is 3.89. The molecule has 0 heterocycles. The largest absolute Gasteiger partial charge is 0.382 e. The van der Waals surface area contributed by atoms with Gasteiger partial charge in [0.15, 0.2) is 0 Å². The van der Waals surface area contributed by atoms with E-state index in [4.69, 9.17) is 16.3 Å². The quantitative estimate of drug-likeness (QED) is 0.439. The minimum Gasteiger partial charge on any atom is -0.382 e. The Kier molecular flexibility index (Phi) is 12.5. The number of alkyl halides is 1. The lowest BCUT2D eigenvalue weighted by molar-refractivity contribution is 0.144. The van der Waals surface area contributed by atoms with E-state index in [1.807, 2.05) is 6.92 Å². The SMILES string of the molecule is CCCC(CCCl)CNCCCOCC. The molecule has 15 heavy (non-hydrogen) atoms. The lowest BCUT2D eigenvalue weighted by Crippen LogP contribution is -2.25. The number of ether oxygens (including phenoxy) is 1.